The third-order valence-electron chi connectivity index (χ3n) is 5.72. The number of hydrogen-bond donors (Lipinski definition) is 1. The smallest absolute Gasteiger partial charge is 0.262 e. The van der Waals surface area contributed by atoms with E-state index >= 15 is 0 Å². The summed E-state index contributed by atoms with van der Waals surface area (Å²) in [5.41, 5.74) is 1.35. The van der Waals surface area contributed by atoms with E-state index in [9.17, 15) is 19.2 Å². The van der Waals surface area contributed by atoms with Crippen LogP contribution in [-0.2, 0) is 9.59 Å². The lowest BCUT2D eigenvalue weighted by Gasteiger charge is -2.35. The fourth-order valence-corrected chi connectivity index (χ4v) is 4.09. The fourth-order valence-electron chi connectivity index (χ4n) is 4.09. The highest BCUT2D eigenvalue weighted by molar-refractivity contribution is 6.22. The van der Waals surface area contributed by atoms with Gasteiger partial charge in [-0.3, -0.25) is 24.1 Å². The van der Waals surface area contributed by atoms with Gasteiger partial charge in [0.25, 0.3) is 11.8 Å². The maximum Gasteiger partial charge on any atom is 0.262 e. The molecule has 0 saturated carbocycles. The first kappa shape index (κ1) is 19.8. The lowest BCUT2D eigenvalue weighted by Crippen LogP contribution is -2.52. The van der Waals surface area contributed by atoms with E-state index in [4.69, 9.17) is 0 Å². The number of carbonyl (C=O) groups excluding carboxylic acids is 4. The molecular weight excluding hydrogens is 382 g/mol. The van der Waals surface area contributed by atoms with Crippen molar-refractivity contribution in [3.8, 4) is 0 Å². The molecule has 7 heteroatoms. The molecule has 0 bridgehead atoms. The summed E-state index contributed by atoms with van der Waals surface area (Å²) < 4.78 is 0. The maximum atomic E-state index is 13.1. The SMILES string of the molecule is CC(C(=O)N1CCCC(C(=O)Nc2ccccc2)C1)N1C(=O)c2ccccc2C1=O. The second-order valence-electron chi connectivity index (χ2n) is 7.68. The zero-order valence-corrected chi connectivity index (χ0v) is 16.7. The van der Waals surface area contributed by atoms with Crippen LogP contribution in [-0.4, -0.2) is 52.6 Å². The number of amides is 4. The summed E-state index contributed by atoms with van der Waals surface area (Å²) in [5, 5.41) is 2.89. The molecule has 2 aliphatic rings. The number of rotatable bonds is 4. The van der Waals surface area contributed by atoms with Gasteiger partial charge in [-0.25, -0.2) is 0 Å². The molecule has 30 heavy (non-hydrogen) atoms. The van der Waals surface area contributed by atoms with E-state index in [0.29, 0.717) is 36.2 Å². The molecule has 1 saturated heterocycles. The quantitative estimate of drug-likeness (QED) is 0.792. The Kier molecular flexibility index (Phi) is 5.35. The van der Waals surface area contributed by atoms with Gasteiger partial charge >= 0.3 is 0 Å². The number of fused-ring (bicyclic) bond motifs is 1. The lowest BCUT2D eigenvalue weighted by atomic mass is 9.96. The number of hydrogen-bond acceptors (Lipinski definition) is 4. The fraction of sp³-hybridized carbons (Fsp3) is 0.304. The molecule has 0 aromatic heterocycles. The highest BCUT2D eigenvalue weighted by Gasteiger charge is 2.42. The van der Waals surface area contributed by atoms with Crippen molar-refractivity contribution in [3.05, 3.63) is 65.7 Å². The summed E-state index contributed by atoms with van der Waals surface area (Å²) in [7, 11) is 0. The Hall–Kier alpha value is -3.48. The summed E-state index contributed by atoms with van der Waals surface area (Å²) in [4.78, 5) is 53.7. The molecule has 0 radical (unpaired) electrons. The second-order valence-corrected chi connectivity index (χ2v) is 7.68. The highest BCUT2D eigenvalue weighted by Crippen LogP contribution is 2.26. The Morgan fingerprint density at radius 1 is 0.967 bits per heavy atom. The molecule has 2 heterocycles. The van der Waals surface area contributed by atoms with Gasteiger partial charge in [0, 0.05) is 18.8 Å². The second kappa shape index (κ2) is 8.10. The summed E-state index contributed by atoms with van der Waals surface area (Å²) in [5.74, 6) is -1.69. The molecular formula is C23H23N3O4. The monoisotopic (exact) mass is 405 g/mol. The van der Waals surface area contributed by atoms with Gasteiger partial charge in [0.05, 0.1) is 17.0 Å². The minimum absolute atomic E-state index is 0.132. The Bertz CT molecular complexity index is 970. The van der Waals surface area contributed by atoms with Gasteiger partial charge in [-0.2, -0.15) is 0 Å². The molecule has 0 spiro atoms. The summed E-state index contributed by atoms with van der Waals surface area (Å²) in [6, 6.07) is 14.8. The van der Waals surface area contributed by atoms with Gasteiger partial charge in [-0.05, 0) is 44.0 Å². The minimum Gasteiger partial charge on any atom is -0.340 e. The minimum atomic E-state index is -0.923. The third-order valence-corrected chi connectivity index (χ3v) is 5.72. The first-order valence-corrected chi connectivity index (χ1v) is 10.1. The number of nitrogens with zero attached hydrogens (tertiary/aromatic N) is 2. The van der Waals surface area contributed by atoms with Crippen molar-refractivity contribution in [2.24, 2.45) is 5.92 Å². The van der Waals surface area contributed by atoms with E-state index < -0.39 is 17.9 Å². The predicted octanol–water partition coefficient (Wildman–Crippen LogP) is 2.55. The van der Waals surface area contributed by atoms with Crippen molar-refractivity contribution in [2.45, 2.75) is 25.8 Å². The van der Waals surface area contributed by atoms with Gasteiger partial charge < -0.3 is 10.2 Å². The van der Waals surface area contributed by atoms with Gasteiger partial charge in [-0.15, -0.1) is 0 Å². The first-order valence-electron chi connectivity index (χ1n) is 10.1. The number of likely N-dealkylation sites (tertiary alicyclic amines) is 1. The molecule has 1 fully saturated rings. The lowest BCUT2D eigenvalue weighted by molar-refractivity contribution is -0.138. The van der Waals surface area contributed by atoms with Crippen LogP contribution < -0.4 is 5.32 Å². The van der Waals surface area contributed by atoms with Crippen LogP contribution in [0.15, 0.2) is 54.6 Å². The number of imide groups is 1. The number of nitrogens with one attached hydrogen (secondary N) is 1. The number of carbonyl (C=O) groups is 4. The summed E-state index contributed by atoms with van der Waals surface area (Å²) >= 11 is 0. The Balaban J connectivity index is 1.44. The molecule has 2 aliphatic heterocycles. The summed E-state index contributed by atoms with van der Waals surface area (Å²) in [6.07, 6.45) is 1.37. The number of benzene rings is 2. The van der Waals surface area contributed by atoms with Crippen molar-refractivity contribution in [1.82, 2.24) is 9.80 Å². The van der Waals surface area contributed by atoms with E-state index in [1.807, 2.05) is 30.3 Å². The maximum absolute atomic E-state index is 13.1. The van der Waals surface area contributed by atoms with Gasteiger partial charge in [0.1, 0.15) is 6.04 Å². The number of piperidine rings is 1. The standard InChI is InChI=1S/C23H23N3O4/c1-15(26-22(29)18-11-5-6-12-19(18)23(26)30)21(28)25-13-7-8-16(14-25)20(27)24-17-9-3-2-4-10-17/h2-6,9-12,15-16H,7-8,13-14H2,1H3,(H,24,27). The average Bonchev–Trinajstić information content (AvgIpc) is 3.04. The van der Waals surface area contributed by atoms with E-state index in [-0.39, 0.29) is 24.3 Å². The van der Waals surface area contributed by atoms with Crippen LogP contribution in [0.1, 0.15) is 40.5 Å². The largest absolute Gasteiger partial charge is 0.340 e. The molecule has 0 aliphatic carbocycles. The van der Waals surface area contributed by atoms with Gasteiger partial charge in [0.15, 0.2) is 0 Å². The number of para-hydroxylation sites is 1. The van der Waals surface area contributed by atoms with Crippen LogP contribution >= 0.6 is 0 Å². The zero-order chi connectivity index (χ0) is 21.3. The van der Waals surface area contributed by atoms with Crippen LogP contribution in [0.25, 0.3) is 0 Å². The average molecular weight is 405 g/mol. The van der Waals surface area contributed by atoms with Gasteiger partial charge in [-0.1, -0.05) is 30.3 Å². The zero-order valence-electron chi connectivity index (χ0n) is 16.7. The molecule has 4 rings (SSSR count). The van der Waals surface area contributed by atoms with Crippen LogP contribution in [0.3, 0.4) is 0 Å². The summed E-state index contributed by atoms with van der Waals surface area (Å²) in [6.45, 7) is 2.34. The van der Waals surface area contributed by atoms with Crippen molar-refractivity contribution in [1.29, 1.82) is 0 Å². The van der Waals surface area contributed by atoms with Crippen molar-refractivity contribution in [2.75, 3.05) is 18.4 Å². The van der Waals surface area contributed by atoms with Gasteiger partial charge in [0.2, 0.25) is 11.8 Å². The first-order chi connectivity index (χ1) is 14.5. The Morgan fingerprint density at radius 3 is 2.20 bits per heavy atom. The topological polar surface area (TPSA) is 86.8 Å². The molecule has 1 N–H and O–H groups in total. The molecule has 2 unspecified atom stereocenters. The van der Waals surface area contributed by atoms with Crippen LogP contribution in [0.2, 0.25) is 0 Å². The van der Waals surface area contributed by atoms with E-state index in [1.165, 1.54) is 0 Å². The normalized spacial score (nSPS) is 19.4. The number of anilines is 1. The van der Waals surface area contributed by atoms with E-state index in [2.05, 4.69) is 5.32 Å². The molecule has 4 amide bonds. The predicted molar refractivity (Wildman–Crippen MR) is 111 cm³/mol. The van der Waals surface area contributed by atoms with Crippen LogP contribution in [0, 0.1) is 5.92 Å². The molecule has 154 valence electrons. The molecule has 7 nitrogen and oxygen atoms in total. The van der Waals surface area contributed by atoms with Crippen molar-refractivity contribution in [3.63, 3.8) is 0 Å². The van der Waals surface area contributed by atoms with E-state index in [1.54, 1.807) is 36.1 Å². The van der Waals surface area contributed by atoms with Crippen LogP contribution in [0.4, 0.5) is 5.69 Å². The molecule has 2 aromatic carbocycles. The van der Waals surface area contributed by atoms with Crippen LogP contribution in [0.5, 0.6) is 0 Å². The molecule has 2 aromatic rings. The van der Waals surface area contributed by atoms with Crippen molar-refractivity contribution < 1.29 is 19.2 Å². The molecule has 2 atom stereocenters. The van der Waals surface area contributed by atoms with Crippen molar-refractivity contribution >= 4 is 29.3 Å². The van der Waals surface area contributed by atoms with E-state index in [0.717, 1.165) is 4.90 Å². The Morgan fingerprint density at radius 2 is 1.57 bits per heavy atom. The third kappa shape index (κ3) is 3.58. The highest BCUT2D eigenvalue weighted by atomic mass is 16.2. The Labute approximate surface area is 174 Å².